The van der Waals surface area contributed by atoms with Crippen molar-refractivity contribution >= 4 is 10.9 Å². The highest BCUT2D eigenvalue weighted by molar-refractivity contribution is 5.88. The van der Waals surface area contributed by atoms with Gasteiger partial charge in [-0.3, -0.25) is 0 Å². The van der Waals surface area contributed by atoms with E-state index in [1.807, 2.05) is 32.2 Å². The van der Waals surface area contributed by atoms with Gasteiger partial charge in [0.25, 0.3) is 0 Å². The van der Waals surface area contributed by atoms with Crippen LogP contribution >= 0.6 is 0 Å². The van der Waals surface area contributed by atoms with E-state index in [1.54, 1.807) is 0 Å². The van der Waals surface area contributed by atoms with Gasteiger partial charge in [0.2, 0.25) is 0 Å². The Morgan fingerprint density at radius 1 is 1.17 bits per heavy atom. The summed E-state index contributed by atoms with van der Waals surface area (Å²) in [6, 6.07) is 3.95. The Kier molecular flexibility index (Phi) is 1.37. The highest BCUT2D eigenvalue weighted by Crippen LogP contribution is 2.28. The molecule has 0 aliphatic carbocycles. The number of aromatic nitrogens is 1. The Morgan fingerprint density at radius 3 is 2.67 bits per heavy atom. The van der Waals surface area contributed by atoms with Crippen LogP contribution in [0.3, 0.4) is 0 Å². The number of aromatic hydroxyl groups is 1. The Morgan fingerprint density at radius 2 is 1.92 bits per heavy atom. The summed E-state index contributed by atoms with van der Waals surface area (Å²) in [5, 5.41) is 10.7. The topological polar surface area (TPSA) is 36.0 Å². The predicted octanol–water partition coefficient (Wildman–Crippen LogP) is 2.49. The molecule has 12 heavy (non-hydrogen) atoms. The molecule has 0 bridgehead atoms. The molecule has 0 saturated heterocycles. The molecular formula is C10H11NO. The lowest BCUT2D eigenvalue weighted by atomic mass is 10.1. The summed E-state index contributed by atoms with van der Waals surface area (Å²) in [6.07, 6.45) is 1.91. The number of aryl methyl sites for hydroxylation is 2. The molecule has 2 N–H and O–H groups in total. The molecule has 0 radical (unpaired) electrons. The molecule has 2 nitrogen and oxygen atoms in total. The van der Waals surface area contributed by atoms with Gasteiger partial charge in [-0.05, 0) is 25.0 Å². The summed E-state index contributed by atoms with van der Waals surface area (Å²) in [7, 11) is 0. The van der Waals surface area contributed by atoms with Crippen LogP contribution in [0.15, 0.2) is 18.3 Å². The monoisotopic (exact) mass is 161 g/mol. The number of phenols is 1. The third-order valence-electron chi connectivity index (χ3n) is 2.24. The van der Waals surface area contributed by atoms with E-state index in [2.05, 4.69) is 4.98 Å². The van der Waals surface area contributed by atoms with Gasteiger partial charge in [0.05, 0.1) is 5.52 Å². The van der Waals surface area contributed by atoms with Crippen LogP contribution in [-0.2, 0) is 0 Å². The standard InChI is InChI=1S/C10H11NO/c1-6-3-4-8-7(2)5-11-9(8)10(6)12/h3-5,11-12H,1-2H3. The first-order valence-corrected chi connectivity index (χ1v) is 3.96. The molecule has 1 heterocycles. The summed E-state index contributed by atoms with van der Waals surface area (Å²) in [4.78, 5) is 3.05. The number of nitrogens with one attached hydrogen (secondary N) is 1. The van der Waals surface area contributed by atoms with Crippen molar-refractivity contribution < 1.29 is 5.11 Å². The molecular weight excluding hydrogens is 150 g/mol. The zero-order valence-corrected chi connectivity index (χ0v) is 7.18. The fourth-order valence-electron chi connectivity index (χ4n) is 1.43. The second-order valence-corrected chi connectivity index (χ2v) is 3.13. The minimum atomic E-state index is 0.362. The second kappa shape index (κ2) is 2.27. The zero-order valence-electron chi connectivity index (χ0n) is 7.18. The maximum absolute atomic E-state index is 9.64. The Bertz CT molecular complexity index is 429. The Labute approximate surface area is 70.8 Å². The van der Waals surface area contributed by atoms with Crippen LogP contribution in [0.5, 0.6) is 5.75 Å². The van der Waals surface area contributed by atoms with Gasteiger partial charge in [0.1, 0.15) is 5.75 Å². The number of aromatic amines is 1. The highest BCUT2D eigenvalue weighted by Gasteiger charge is 2.05. The molecule has 1 aromatic heterocycles. The number of hydrogen-bond donors (Lipinski definition) is 2. The van der Waals surface area contributed by atoms with E-state index in [4.69, 9.17) is 0 Å². The van der Waals surface area contributed by atoms with Crippen molar-refractivity contribution in [2.24, 2.45) is 0 Å². The van der Waals surface area contributed by atoms with E-state index >= 15 is 0 Å². The predicted molar refractivity (Wildman–Crippen MR) is 49.4 cm³/mol. The Balaban J connectivity index is 2.93. The smallest absolute Gasteiger partial charge is 0.142 e. The normalized spacial score (nSPS) is 10.8. The van der Waals surface area contributed by atoms with E-state index in [1.165, 1.54) is 5.56 Å². The molecule has 0 fully saturated rings. The van der Waals surface area contributed by atoms with E-state index < -0.39 is 0 Å². The summed E-state index contributed by atoms with van der Waals surface area (Å²) in [5.74, 6) is 0.362. The molecule has 0 unspecified atom stereocenters. The molecule has 62 valence electrons. The van der Waals surface area contributed by atoms with Crippen molar-refractivity contribution in [1.82, 2.24) is 4.98 Å². The van der Waals surface area contributed by atoms with Gasteiger partial charge in [-0.25, -0.2) is 0 Å². The summed E-state index contributed by atoms with van der Waals surface area (Å²) in [6.45, 7) is 3.92. The van der Waals surface area contributed by atoms with Crippen LogP contribution in [0.4, 0.5) is 0 Å². The van der Waals surface area contributed by atoms with Crippen molar-refractivity contribution in [3.8, 4) is 5.75 Å². The molecule has 2 rings (SSSR count). The van der Waals surface area contributed by atoms with E-state index in [0.29, 0.717) is 5.75 Å². The van der Waals surface area contributed by atoms with Crippen LogP contribution in [0.2, 0.25) is 0 Å². The fraction of sp³-hybridized carbons (Fsp3) is 0.200. The van der Waals surface area contributed by atoms with Gasteiger partial charge in [0, 0.05) is 11.6 Å². The van der Waals surface area contributed by atoms with Crippen molar-refractivity contribution in [2.45, 2.75) is 13.8 Å². The van der Waals surface area contributed by atoms with Crippen LogP contribution in [-0.4, -0.2) is 10.1 Å². The van der Waals surface area contributed by atoms with Crippen LogP contribution in [0.1, 0.15) is 11.1 Å². The summed E-state index contributed by atoms with van der Waals surface area (Å²) < 4.78 is 0. The largest absolute Gasteiger partial charge is 0.505 e. The number of rotatable bonds is 0. The maximum atomic E-state index is 9.64. The van der Waals surface area contributed by atoms with Gasteiger partial charge < -0.3 is 10.1 Å². The first kappa shape index (κ1) is 7.22. The first-order valence-electron chi connectivity index (χ1n) is 3.96. The third-order valence-corrected chi connectivity index (χ3v) is 2.24. The van der Waals surface area contributed by atoms with E-state index in [0.717, 1.165) is 16.5 Å². The van der Waals surface area contributed by atoms with E-state index in [-0.39, 0.29) is 0 Å². The number of benzene rings is 1. The van der Waals surface area contributed by atoms with Crippen molar-refractivity contribution in [3.63, 3.8) is 0 Å². The molecule has 0 aliphatic heterocycles. The Hall–Kier alpha value is -1.44. The van der Waals surface area contributed by atoms with Gasteiger partial charge in [-0.15, -0.1) is 0 Å². The summed E-state index contributed by atoms with van der Waals surface area (Å²) >= 11 is 0. The van der Waals surface area contributed by atoms with Crippen molar-refractivity contribution in [2.75, 3.05) is 0 Å². The lowest BCUT2D eigenvalue weighted by Crippen LogP contribution is -1.76. The van der Waals surface area contributed by atoms with Crippen LogP contribution in [0.25, 0.3) is 10.9 Å². The number of H-pyrrole nitrogens is 1. The van der Waals surface area contributed by atoms with Gasteiger partial charge in [0.15, 0.2) is 0 Å². The highest BCUT2D eigenvalue weighted by atomic mass is 16.3. The van der Waals surface area contributed by atoms with Crippen molar-refractivity contribution in [1.29, 1.82) is 0 Å². The van der Waals surface area contributed by atoms with Gasteiger partial charge in [-0.1, -0.05) is 12.1 Å². The first-order chi connectivity index (χ1) is 5.70. The number of phenolic OH excluding ortho intramolecular Hbond substituents is 1. The molecule has 2 aromatic rings. The SMILES string of the molecule is Cc1ccc2c(C)c[nH]c2c1O. The molecule has 1 aromatic carbocycles. The number of fused-ring (bicyclic) bond motifs is 1. The zero-order chi connectivity index (χ0) is 8.72. The van der Waals surface area contributed by atoms with Crippen LogP contribution < -0.4 is 0 Å². The average molecular weight is 161 g/mol. The number of hydrogen-bond acceptors (Lipinski definition) is 1. The minimum Gasteiger partial charge on any atom is -0.505 e. The lowest BCUT2D eigenvalue weighted by Gasteiger charge is -1.99. The lowest BCUT2D eigenvalue weighted by molar-refractivity contribution is 0.476. The van der Waals surface area contributed by atoms with Gasteiger partial charge >= 0.3 is 0 Å². The third kappa shape index (κ3) is 0.811. The molecule has 0 amide bonds. The van der Waals surface area contributed by atoms with Crippen molar-refractivity contribution in [3.05, 3.63) is 29.5 Å². The molecule has 0 spiro atoms. The summed E-state index contributed by atoms with van der Waals surface area (Å²) in [5.41, 5.74) is 2.91. The fourth-order valence-corrected chi connectivity index (χ4v) is 1.43. The maximum Gasteiger partial charge on any atom is 0.142 e. The van der Waals surface area contributed by atoms with Gasteiger partial charge in [-0.2, -0.15) is 0 Å². The minimum absolute atomic E-state index is 0.362. The molecule has 2 heteroatoms. The molecule has 0 aliphatic rings. The van der Waals surface area contributed by atoms with E-state index in [9.17, 15) is 5.11 Å². The second-order valence-electron chi connectivity index (χ2n) is 3.13. The quantitative estimate of drug-likeness (QED) is 0.611. The average Bonchev–Trinajstić information content (AvgIpc) is 2.41. The molecule has 0 atom stereocenters. The molecule has 0 saturated carbocycles. The van der Waals surface area contributed by atoms with Crippen LogP contribution in [0, 0.1) is 13.8 Å².